The second-order valence-electron chi connectivity index (χ2n) is 5.82. The Morgan fingerprint density at radius 1 is 1.20 bits per heavy atom. The van der Waals surface area contributed by atoms with Crippen LogP contribution in [0, 0.1) is 11.7 Å². The van der Waals surface area contributed by atoms with Crippen molar-refractivity contribution in [1.29, 1.82) is 0 Å². The van der Waals surface area contributed by atoms with Crippen LogP contribution < -0.4 is 10.0 Å². The quantitative estimate of drug-likeness (QED) is 0.797. The molecule has 0 aromatic heterocycles. The lowest BCUT2D eigenvalue weighted by atomic mass is 10.2. The lowest BCUT2D eigenvalue weighted by molar-refractivity contribution is 0.102. The molecule has 1 amide bonds. The van der Waals surface area contributed by atoms with Gasteiger partial charge in [-0.3, -0.25) is 4.79 Å². The minimum Gasteiger partial charge on any atom is -0.319 e. The van der Waals surface area contributed by atoms with Gasteiger partial charge < -0.3 is 5.32 Å². The van der Waals surface area contributed by atoms with Crippen molar-refractivity contribution in [2.24, 2.45) is 5.92 Å². The third-order valence-electron chi connectivity index (χ3n) is 3.30. The van der Waals surface area contributed by atoms with Crippen LogP contribution in [-0.4, -0.2) is 20.9 Å². The van der Waals surface area contributed by atoms with Gasteiger partial charge in [0.15, 0.2) is 0 Å². The molecule has 2 N–H and O–H groups in total. The maximum absolute atomic E-state index is 14.2. The number of hydrogen-bond donors (Lipinski definition) is 2. The van der Waals surface area contributed by atoms with Crippen LogP contribution in [0.1, 0.15) is 24.2 Å². The molecule has 2 aromatic carbocycles. The number of rotatable bonds is 6. The van der Waals surface area contributed by atoms with E-state index in [1.807, 2.05) is 13.8 Å². The summed E-state index contributed by atoms with van der Waals surface area (Å²) in [5.74, 6) is -1.32. The summed E-state index contributed by atoms with van der Waals surface area (Å²) < 4.78 is 40.8. The Bertz CT molecular complexity index is 885. The molecule has 0 atom stereocenters. The van der Waals surface area contributed by atoms with Crippen molar-refractivity contribution in [3.05, 3.63) is 58.9 Å². The van der Waals surface area contributed by atoms with Crippen LogP contribution in [0.5, 0.6) is 0 Å². The molecule has 0 fully saturated rings. The van der Waals surface area contributed by atoms with Crippen LogP contribution in [0.15, 0.2) is 47.4 Å². The average molecular weight is 385 g/mol. The van der Waals surface area contributed by atoms with Crippen molar-refractivity contribution in [3.63, 3.8) is 0 Å². The van der Waals surface area contributed by atoms with E-state index in [1.165, 1.54) is 18.2 Å². The van der Waals surface area contributed by atoms with E-state index in [9.17, 15) is 17.6 Å². The van der Waals surface area contributed by atoms with E-state index >= 15 is 0 Å². The first-order chi connectivity index (χ1) is 11.7. The summed E-state index contributed by atoms with van der Waals surface area (Å²) in [5.41, 5.74) is 0.0617. The molecule has 8 heteroatoms. The third-order valence-corrected chi connectivity index (χ3v) is 5.05. The molecule has 0 aliphatic rings. The van der Waals surface area contributed by atoms with E-state index in [4.69, 9.17) is 11.6 Å². The predicted octanol–water partition coefficient (Wildman–Crippen LogP) is 3.67. The summed E-state index contributed by atoms with van der Waals surface area (Å²) in [6.07, 6.45) is 0. The minimum atomic E-state index is -3.81. The van der Waals surface area contributed by atoms with E-state index in [0.717, 1.165) is 6.07 Å². The van der Waals surface area contributed by atoms with Crippen molar-refractivity contribution in [2.75, 3.05) is 11.9 Å². The van der Waals surface area contributed by atoms with Crippen LogP contribution >= 0.6 is 11.6 Å². The normalized spacial score (nSPS) is 11.6. The SMILES string of the molecule is CC(C)CNS(=O)(=O)c1ccc(NC(=O)c2ccccc2Cl)c(F)c1. The van der Waals surface area contributed by atoms with E-state index in [2.05, 4.69) is 10.0 Å². The first-order valence-corrected chi connectivity index (χ1v) is 9.42. The molecule has 0 aliphatic carbocycles. The summed E-state index contributed by atoms with van der Waals surface area (Å²) in [7, 11) is -3.81. The fourth-order valence-corrected chi connectivity index (χ4v) is 3.41. The molecule has 5 nitrogen and oxygen atoms in total. The highest BCUT2D eigenvalue weighted by Crippen LogP contribution is 2.21. The second kappa shape index (κ2) is 7.95. The lowest BCUT2D eigenvalue weighted by Gasteiger charge is -2.11. The Kier molecular flexibility index (Phi) is 6.16. The molecule has 0 bridgehead atoms. The molecule has 2 rings (SSSR count). The Labute approximate surface area is 151 Å². The molecular weight excluding hydrogens is 367 g/mol. The summed E-state index contributed by atoms with van der Waals surface area (Å²) >= 11 is 5.93. The molecule has 0 saturated heterocycles. The molecule has 0 aliphatic heterocycles. The highest BCUT2D eigenvalue weighted by atomic mass is 35.5. The molecule has 0 radical (unpaired) electrons. The summed E-state index contributed by atoms with van der Waals surface area (Å²) in [6, 6.07) is 9.65. The smallest absolute Gasteiger partial charge is 0.257 e. The number of halogens is 2. The number of nitrogens with one attached hydrogen (secondary N) is 2. The molecule has 0 heterocycles. The Morgan fingerprint density at radius 3 is 2.48 bits per heavy atom. The summed E-state index contributed by atoms with van der Waals surface area (Å²) in [5, 5.41) is 2.62. The van der Waals surface area contributed by atoms with Gasteiger partial charge in [0.05, 0.1) is 21.2 Å². The van der Waals surface area contributed by atoms with Gasteiger partial charge in [-0.25, -0.2) is 17.5 Å². The Hall–Kier alpha value is -1.96. The Balaban J connectivity index is 2.20. The zero-order valence-electron chi connectivity index (χ0n) is 13.7. The van der Waals surface area contributed by atoms with Crippen molar-refractivity contribution < 1.29 is 17.6 Å². The van der Waals surface area contributed by atoms with Gasteiger partial charge in [0, 0.05) is 6.54 Å². The topological polar surface area (TPSA) is 75.3 Å². The average Bonchev–Trinajstić information content (AvgIpc) is 2.55. The van der Waals surface area contributed by atoms with Crippen molar-refractivity contribution in [2.45, 2.75) is 18.7 Å². The van der Waals surface area contributed by atoms with Gasteiger partial charge in [0.25, 0.3) is 5.91 Å². The first kappa shape index (κ1) is 19.4. The second-order valence-corrected chi connectivity index (χ2v) is 8.00. The van der Waals surface area contributed by atoms with Gasteiger partial charge in [-0.15, -0.1) is 0 Å². The highest BCUT2D eigenvalue weighted by molar-refractivity contribution is 7.89. The van der Waals surface area contributed by atoms with E-state index < -0.39 is 21.7 Å². The number of hydrogen-bond acceptors (Lipinski definition) is 3. The fraction of sp³-hybridized carbons (Fsp3) is 0.235. The van der Waals surface area contributed by atoms with Crippen LogP contribution in [0.2, 0.25) is 5.02 Å². The van der Waals surface area contributed by atoms with E-state index in [0.29, 0.717) is 0 Å². The van der Waals surface area contributed by atoms with Crippen LogP contribution in [0.4, 0.5) is 10.1 Å². The molecule has 0 unspecified atom stereocenters. The molecule has 0 spiro atoms. The maximum Gasteiger partial charge on any atom is 0.257 e. The van der Waals surface area contributed by atoms with Crippen LogP contribution in [0.3, 0.4) is 0 Å². The lowest BCUT2D eigenvalue weighted by Crippen LogP contribution is -2.27. The van der Waals surface area contributed by atoms with Crippen LogP contribution in [0.25, 0.3) is 0 Å². The molecule has 2 aromatic rings. The molecule has 25 heavy (non-hydrogen) atoms. The number of sulfonamides is 1. The van der Waals surface area contributed by atoms with Crippen molar-refractivity contribution >= 4 is 33.2 Å². The predicted molar refractivity (Wildman–Crippen MR) is 95.8 cm³/mol. The van der Waals surface area contributed by atoms with Crippen LogP contribution in [-0.2, 0) is 10.0 Å². The number of anilines is 1. The molecular formula is C17H18ClFN2O3S. The first-order valence-electron chi connectivity index (χ1n) is 7.56. The molecule has 0 saturated carbocycles. The fourth-order valence-electron chi connectivity index (χ4n) is 1.96. The highest BCUT2D eigenvalue weighted by Gasteiger charge is 2.18. The largest absolute Gasteiger partial charge is 0.319 e. The zero-order chi connectivity index (χ0) is 18.6. The van der Waals surface area contributed by atoms with E-state index in [-0.39, 0.29) is 33.6 Å². The van der Waals surface area contributed by atoms with Gasteiger partial charge >= 0.3 is 0 Å². The monoisotopic (exact) mass is 384 g/mol. The summed E-state index contributed by atoms with van der Waals surface area (Å²) in [6.45, 7) is 3.96. The number of benzene rings is 2. The van der Waals surface area contributed by atoms with E-state index in [1.54, 1.807) is 18.2 Å². The number of carbonyl (C=O) groups is 1. The molecule has 134 valence electrons. The maximum atomic E-state index is 14.2. The summed E-state index contributed by atoms with van der Waals surface area (Å²) in [4.78, 5) is 11.9. The Morgan fingerprint density at radius 2 is 1.88 bits per heavy atom. The van der Waals surface area contributed by atoms with Gasteiger partial charge in [-0.05, 0) is 36.2 Å². The van der Waals surface area contributed by atoms with Crippen molar-refractivity contribution in [1.82, 2.24) is 4.72 Å². The van der Waals surface area contributed by atoms with Gasteiger partial charge in [-0.2, -0.15) is 0 Å². The number of amides is 1. The number of carbonyl (C=O) groups excluding carboxylic acids is 1. The van der Waals surface area contributed by atoms with Crippen molar-refractivity contribution in [3.8, 4) is 0 Å². The van der Waals surface area contributed by atoms with Gasteiger partial charge in [0.2, 0.25) is 10.0 Å². The standard InChI is InChI=1S/C17H18ClFN2O3S/c1-11(2)10-20-25(23,24)12-7-8-16(15(19)9-12)21-17(22)13-5-3-4-6-14(13)18/h3-9,11,20H,10H2,1-2H3,(H,21,22). The third kappa shape index (κ3) is 5.01. The van der Waals surface area contributed by atoms with Gasteiger partial charge in [0.1, 0.15) is 5.82 Å². The van der Waals surface area contributed by atoms with Gasteiger partial charge in [-0.1, -0.05) is 37.6 Å². The zero-order valence-corrected chi connectivity index (χ0v) is 15.3. The minimum absolute atomic E-state index is 0.119.